The maximum absolute atomic E-state index is 10.1. The molecule has 0 aromatic heterocycles. The predicted octanol–water partition coefficient (Wildman–Crippen LogP) is 0.561. The van der Waals surface area contributed by atoms with Gasteiger partial charge in [0, 0.05) is 5.71 Å². The van der Waals surface area contributed by atoms with E-state index in [0.29, 0.717) is 0 Å². The summed E-state index contributed by atoms with van der Waals surface area (Å²) in [7, 11) is 0. The molecule has 2 N–H and O–H groups in total. The summed E-state index contributed by atoms with van der Waals surface area (Å²) >= 11 is 0. The van der Waals surface area contributed by atoms with Crippen molar-refractivity contribution in [3.63, 3.8) is 0 Å². The Morgan fingerprint density at radius 3 is 2.40 bits per heavy atom. The molecule has 4 nitrogen and oxygen atoms in total. The Hall–Kier alpha value is -1.63. The molecular formula is C6H6N2O2. The topological polar surface area (TPSA) is 84.9 Å². The molecule has 0 atom stereocenters. The van der Waals surface area contributed by atoms with E-state index in [1.54, 1.807) is 0 Å². The summed E-state index contributed by atoms with van der Waals surface area (Å²) in [5.41, 5.74) is -0.355. The Morgan fingerprint density at radius 1 is 1.80 bits per heavy atom. The van der Waals surface area contributed by atoms with Gasteiger partial charge >= 0.3 is 5.97 Å². The molecule has 0 heterocycles. The number of hydrogen-bond donors (Lipinski definition) is 2. The van der Waals surface area contributed by atoms with Crippen LogP contribution in [-0.2, 0) is 4.79 Å². The maximum atomic E-state index is 10.1. The molecule has 10 heavy (non-hydrogen) atoms. The molecule has 0 saturated carbocycles. The fourth-order valence-electron chi connectivity index (χ4n) is 0.358. The zero-order chi connectivity index (χ0) is 8.15. The van der Waals surface area contributed by atoms with Gasteiger partial charge in [-0.15, -0.1) is 0 Å². The maximum Gasteiger partial charge on any atom is 0.346 e. The van der Waals surface area contributed by atoms with Gasteiger partial charge in [-0.1, -0.05) is 0 Å². The van der Waals surface area contributed by atoms with Crippen molar-refractivity contribution in [2.24, 2.45) is 0 Å². The second-order valence-corrected chi connectivity index (χ2v) is 1.66. The highest BCUT2D eigenvalue weighted by atomic mass is 16.4. The standard InChI is InChI=1S/C6H6N2O2/c1-4(8)2-5(3-7)6(9)10/h2,8H,1H3,(H,9,10)/b5-2+,8-4?. The molecular weight excluding hydrogens is 132 g/mol. The lowest BCUT2D eigenvalue weighted by Crippen LogP contribution is -1.99. The molecule has 0 spiro atoms. The lowest BCUT2D eigenvalue weighted by Gasteiger charge is -1.86. The van der Waals surface area contributed by atoms with E-state index in [9.17, 15) is 4.79 Å². The quantitative estimate of drug-likeness (QED) is 0.332. The molecule has 0 radical (unpaired) electrons. The molecule has 0 amide bonds. The van der Waals surface area contributed by atoms with E-state index >= 15 is 0 Å². The molecule has 0 unspecified atom stereocenters. The van der Waals surface area contributed by atoms with E-state index in [1.165, 1.54) is 13.0 Å². The number of rotatable bonds is 2. The minimum absolute atomic E-state index is 0.0546. The first-order valence-electron chi connectivity index (χ1n) is 2.48. The van der Waals surface area contributed by atoms with Crippen molar-refractivity contribution in [3.8, 4) is 6.07 Å². The minimum atomic E-state index is -1.30. The van der Waals surface area contributed by atoms with Crippen LogP contribution >= 0.6 is 0 Å². The van der Waals surface area contributed by atoms with Gasteiger partial charge in [-0.3, -0.25) is 0 Å². The van der Waals surface area contributed by atoms with Gasteiger partial charge < -0.3 is 10.5 Å². The number of carboxylic acid groups (broad SMARTS) is 1. The monoisotopic (exact) mass is 138 g/mol. The van der Waals surface area contributed by atoms with E-state index in [2.05, 4.69) is 0 Å². The summed E-state index contributed by atoms with van der Waals surface area (Å²) in [6.45, 7) is 1.40. The van der Waals surface area contributed by atoms with Gasteiger partial charge in [-0.05, 0) is 13.0 Å². The Bertz CT molecular complexity index is 235. The molecule has 0 saturated heterocycles. The van der Waals surface area contributed by atoms with Gasteiger partial charge in [0.05, 0.1) is 0 Å². The van der Waals surface area contributed by atoms with Crippen LogP contribution in [-0.4, -0.2) is 16.8 Å². The molecule has 52 valence electrons. The molecule has 0 fully saturated rings. The number of carboxylic acids is 1. The zero-order valence-corrected chi connectivity index (χ0v) is 5.38. The van der Waals surface area contributed by atoms with Gasteiger partial charge in [-0.2, -0.15) is 5.26 Å². The number of allylic oxidation sites excluding steroid dienone is 1. The summed E-state index contributed by atoms with van der Waals surface area (Å²) in [5, 5.41) is 23.2. The molecule has 0 aliphatic heterocycles. The summed E-state index contributed by atoms with van der Waals surface area (Å²) in [5.74, 6) is -1.30. The van der Waals surface area contributed by atoms with Crippen LogP contribution in [0.3, 0.4) is 0 Å². The van der Waals surface area contributed by atoms with Gasteiger partial charge in [0.25, 0.3) is 0 Å². The fourth-order valence-corrected chi connectivity index (χ4v) is 0.358. The second kappa shape index (κ2) is 3.41. The molecule has 0 aliphatic rings. The van der Waals surface area contributed by atoms with Crippen molar-refractivity contribution in [3.05, 3.63) is 11.6 Å². The normalized spacial score (nSPS) is 10.2. The Kier molecular flexibility index (Phi) is 2.85. The first-order chi connectivity index (χ1) is 4.57. The molecule has 4 heteroatoms. The van der Waals surface area contributed by atoms with Crippen LogP contribution in [0.15, 0.2) is 11.6 Å². The summed E-state index contributed by atoms with van der Waals surface area (Å²) in [4.78, 5) is 10.1. The summed E-state index contributed by atoms with van der Waals surface area (Å²) < 4.78 is 0. The van der Waals surface area contributed by atoms with E-state index in [0.717, 1.165) is 6.08 Å². The van der Waals surface area contributed by atoms with Crippen molar-refractivity contribution >= 4 is 11.7 Å². The number of nitrogens with one attached hydrogen (secondary N) is 1. The van der Waals surface area contributed by atoms with Crippen LogP contribution < -0.4 is 0 Å². The number of nitriles is 1. The lowest BCUT2D eigenvalue weighted by atomic mass is 10.2. The highest BCUT2D eigenvalue weighted by molar-refractivity contribution is 6.01. The number of aliphatic carboxylic acids is 1. The smallest absolute Gasteiger partial charge is 0.346 e. The highest BCUT2D eigenvalue weighted by Gasteiger charge is 2.04. The number of nitrogens with zero attached hydrogens (tertiary/aromatic N) is 1. The van der Waals surface area contributed by atoms with Crippen LogP contribution in [0.25, 0.3) is 0 Å². The van der Waals surface area contributed by atoms with Crippen LogP contribution in [0.5, 0.6) is 0 Å². The minimum Gasteiger partial charge on any atom is -0.477 e. The van der Waals surface area contributed by atoms with E-state index < -0.39 is 11.5 Å². The predicted molar refractivity (Wildman–Crippen MR) is 34.7 cm³/mol. The Morgan fingerprint density at radius 2 is 2.30 bits per heavy atom. The van der Waals surface area contributed by atoms with Crippen molar-refractivity contribution in [1.82, 2.24) is 0 Å². The third-order valence-corrected chi connectivity index (χ3v) is 0.712. The highest BCUT2D eigenvalue weighted by Crippen LogP contribution is 1.91. The van der Waals surface area contributed by atoms with Crippen molar-refractivity contribution in [1.29, 1.82) is 10.7 Å². The average Bonchev–Trinajstić information content (AvgIpc) is 1.81. The summed E-state index contributed by atoms with van der Waals surface area (Å²) in [6, 6.07) is 1.45. The van der Waals surface area contributed by atoms with Crippen LogP contribution in [0.4, 0.5) is 0 Å². The average molecular weight is 138 g/mol. The zero-order valence-electron chi connectivity index (χ0n) is 5.38. The largest absolute Gasteiger partial charge is 0.477 e. The third kappa shape index (κ3) is 2.62. The molecule has 0 aromatic rings. The van der Waals surface area contributed by atoms with Crippen LogP contribution in [0, 0.1) is 16.7 Å². The van der Waals surface area contributed by atoms with Crippen molar-refractivity contribution < 1.29 is 9.90 Å². The van der Waals surface area contributed by atoms with Crippen molar-refractivity contribution in [2.75, 3.05) is 0 Å². The van der Waals surface area contributed by atoms with E-state index in [1.807, 2.05) is 0 Å². The Labute approximate surface area is 57.9 Å². The van der Waals surface area contributed by atoms with Gasteiger partial charge in [0.2, 0.25) is 0 Å². The first-order valence-corrected chi connectivity index (χ1v) is 2.48. The fraction of sp³-hybridized carbons (Fsp3) is 0.167. The van der Waals surface area contributed by atoms with Crippen molar-refractivity contribution in [2.45, 2.75) is 6.92 Å². The molecule has 0 rings (SSSR count). The number of hydrogen-bond acceptors (Lipinski definition) is 3. The SMILES string of the molecule is CC(=N)/C=C(\C#N)C(=O)O. The second-order valence-electron chi connectivity index (χ2n) is 1.66. The number of carbonyl (C=O) groups is 1. The third-order valence-electron chi connectivity index (χ3n) is 0.712. The van der Waals surface area contributed by atoms with Gasteiger partial charge in [0.1, 0.15) is 11.6 Å². The Balaban J connectivity index is 4.55. The van der Waals surface area contributed by atoms with E-state index in [-0.39, 0.29) is 5.71 Å². The van der Waals surface area contributed by atoms with Gasteiger partial charge in [-0.25, -0.2) is 4.79 Å². The van der Waals surface area contributed by atoms with Crippen LogP contribution in [0.2, 0.25) is 0 Å². The van der Waals surface area contributed by atoms with E-state index in [4.69, 9.17) is 15.8 Å². The first kappa shape index (κ1) is 8.37. The van der Waals surface area contributed by atoms with Gasteiger partial charge in [0.15, 0.2) is 0 Å². The molecule has 0 aliphatic carbocycles. The summed E-state index contributed by atoms with van der Waals surface area (Å²) in [6.07, 6.45) is 1.00. The molecule has 0 bridgehead atoms. The lowest BCUT2D eigenvalue weighted by molar-refractivity contribution is -0.132. The van der Waals surface area contributed by atoms with Crippen LogP contribution in [0.1, 0.15) is 6.92 Å². The molecule has 0 aromatic carbocycles.